The minimum atomic E-state index is -1.11. The first-order valence-corrected chi connectivity index (χ1v) is 11.4. The van der Waals surface area contributed by atoms with Gasteiger partial charge in [-0.3, -0.25) is 5.32 Å². The Morgan fingerprint density at radius 3 is 2.94 bits per heavy atom. The molecule has 2 N–H and O–H groups in total. The van der Waals surface area contributed by atoms with E-state index in [1.165, 1.54) is 6.07 Å². The number of alkyl carbamates (subject to hydrolysis) is 1. The summed E-state index contributed by atoms with van der Waals surface area (Å²) in [5.41, 5.74) is 1.13. The van der Waals surface area contributed by atoms with E-state index in [0.29, 0.717) is 48.7 Å². The molecule has 1 amide bonds. The number of hydrogen-bond donors (Lipinski definition) is 2. The van der Waals surface area contributed by atoms with Gasteiger partial charge in [-0.05, 0) is 68.7 Å². The van der Waals surface area contributed by atoms with Crippen LogP contribution in [0.25, 0.3) is 5.57 Å². The predicted molar refractivity (Wildman–Crippen MR) is 123 cm³/mol. The van der Waals surface area contributed by atoms with Gasteiger partial charge in [-0.15, -0.1) is 0 Å². The molecule has 0 saturated carbocycles. The molecule has 0 bridgehead atoms. The highest BCUT2D eigenvalue weighted by molar-refractivity contribution is 5.71. The number of hydrogen-bond acceptors (Lipinski definition) is 6. The van der Waals surface area contributed by atoms with E-state index in [1.54, 1.807) is 39.0 Å². The molecular weight excluding hydrogens is 439 g/mol. The zero-order valence-corrected chi connectivity index (χ0v) is 19.5. The molecule has 2 aromatic rings. The van der Waals surface area contributed by atoms with Gasteiger partial charge in [-0.1, -0.05) is 12.1 Å². The summed E-state index contributed by atoms with van der Waals surface area (Å²) in [6.07, 6.45) is 1.53. The third-order valence-corrected chi connectivity index (χ3v) is 5.96. The van der Waals surface area contributed by atoms with Crippen LogP contribution in [0.5, 0.6) is 11.5 Å². The quantitative estimate of drug-likeness (QED) is 0.688. The van der Waals surface area contributed by atoms with E-state index in [1.807, 2.05) is 6.07 Å². The Hall–Kier alpha value is -2.94. The molecule has 2 atom stereocenters. The van der Waals surface area contributed by atoms with Crippen molar-refractivity contribution < 1.29 is 28.1 Å². The number of ether oxygens (including phenoxy) is 4. The molecular formula is C26H28FN2O5. The highest BCUT2D eigenvalue weighted by Crippen LogP contribution is 2.51. The number of nitrogens with one attached hydrogen (secondary N) is 2. The van der Waals surface area contributed by atoms with Crippen LogP contribution < -0.4 is 15.4 Å². The molecule has 8 heteroatoms. The molecule has 1 spiro atoms. The van der Waals surface area contributed by atoms with E-state index >= 15 is 4.39 Å². The lowest BCUT2D eigenvalue weighted by Gasteiger charge is -2.45. The van der Waals surface area contributed by atoms with Gasteiger partial charge in [0.2, 0.25) is 0 Å². The third kappa shape index (κ3) is 4.29. The molecule has 5 rings (SSSR count). The fourth-order valence-corrected chi connectivity index (χ4v) is 4.56. The van der Waals surface area contributed by atoms with Gasteiger partial charge in [0.15, 0.2) is 11.6 Å². The lowest BCUT2D eigenvalue weighted by Crippen LogP contribution is -2.59. The van der Waals surface area contributed by atoms with Crippen LogP contribution in [0.3, 0.4) is 0 Å². The second-order valence-corrected chi connectivity index (χ2v) is 9.64. The second kappa shape index (κ2) is 8.69. The molecule has 1 radical (unpaired) electrons. The van der Waals surface area contributed by atoms with Crippen molar-refractivity contribution in [3.8, 4) is 11.5 Å². The summed E-state index contributed by atoms with van der Waals surface area (Å²) < 4.78 is 39.0. The predicted octanol–water partition coefficient (Wildman–Crippen LogP) is 4.25. The number of halogens is 1. The first kappa shape index (κ1) is 22.8. The van der Waals surface area contributed by atoms with Crippen molar-refractivity contribution in [3.63, 3.8) is 0 Å². The molecule has 1 saturated heterocycles. The number of carbonyl (C=O) groups excluding carboxylic acids is 1. The van der Waals surface area contributed by atoms with Crippen molar-refractivity contribution in [2.24, 2.45) is 0 Å². The molecule has 0 aromatic heterocycles. The van der Waals surface area contributed by atoms with E-state index in [0.717, 1.165) is 12.0 Å². The molecule has 2 aromatic carbocycles. The maximum absolute atomic E-state index is 15.4. The lowest BCUT2D eigenvalue weighted by molar-refractivity contribution is -0.112. The maximum atomic E-state index is 15.4. The topological polar surface area (TPSA) is 78.1 Å². The standard InChI is InChI=1S/C26H28FN2O5/c1-25(2,3)34-24(30)29-22-13-28-15-26(33-22)18-8-4-5-9-21(18)32-23-19(26)11-17(12-20(23)27)16-7-6-10-31-14-16/h5,7-9,11-12,22,28H,6,10,13-15H2,1-3H3,(H,29,30)/t22-,26?/m0/s1. The summed E-state index contributed by atoms with van der Waals surface area (Å²) in [5.74, 6) is 0.111. The van der Waals surface area contributed by atoms with E-state index < -0.39 is 29.3 Å². The number of morpholine rings is 1. The monoisotopic (exact) mass is 467 g/mol. The average Bonchev–Trinajstić information content (AvgIpc) is 2.79. The minimum Gasteiger partial charge on any atom is -0.453 e. The molecule has 7 nitrogen and oxygen atoms in total. The fraction of sp³-hybridized carbons (Fsp3) is 0.423. The highest BCUT2D eigenvalue weighted by atomic mass is 19.1. The Balaban J connectivity index is 1.57. The summed E-state index contributed by atoms with van der Waals surface area (Å²) in [6.45, 7) is 7.18. The lowest BCUT2D eigenvalue weighted by atomic mass is 9.80. The Morgan fingerprint density at radius 2 is 2.18 bits per heavy atom. The number of fused-ring (bicyclic) bond motifs is 4. The Kier molecular flexibility index (Phi) is 5.83. The normalized spacial score (nSPS) is 23.9. The number of rotatable bonds is 2. The van der Waals surface area contributed by atoms with E-state index in [-0.39, 0.29) is 5.75 Å². The van der Waals surface area contributed by atoms with Crippen LogP contribution in [-0.4, -0.2) is 44.2 Å². The van der Waals surface area contributed by atoms with Gasteiger partial charge in [0.25, 0.3) is 0 Å². The molecule has 34 heavy (non-hydrogen) atoms. The van der Waals surface area contributed by atoms with Crippen molar-refractivity contribution in [2.45, 2.75) is 44.6 Å². The van der Waals surface area contributed by atoms with Gasteiger partial charge in [0.1, 0.15) is 23.2 Å². The third-order valence-electron chi connectivity index (χ3n) is 5.96. The molecule has 3 aliphatic rings. The fourth-order valence-electron chi connectivity index (χ4n) is 4.56. The first-order chi connectivity index (χ1) is 16.2. The van der Waals surface area contributed by atoms with E-state index in [2.05, 4.69) is 22.8 Å². The highest BCUT2D eigenvalue weighted by Gasteiger charge is 2.48. The Morgan fingerprint density at radius 1 is 1.32 bits per heavy atom. The van der Waals surface area contributed by atoms with E-state index in [4.69, 9.17) is 18.9 Å². The zero-order chi connectivity index (χ0) is 23.9. The van der Waals surface area contributed by atoms with Gasteiger partial charge in [-0.25, -0.2) is 9.18 Å². The first-order valence-electron chi connectivity index (χ1n) is 11.4. The van der Waals surface area contributed by atoms with Gasteiger partial charge < -0.3 is 24.3 Å². The molecule has 1 unspecified atom stereocenters. The molecule has 3 heterocycles. The number of amides is 1. The van der Waals surface area contributed by atoms with Gasteiger partial charge in [0, 0.05) is 24.2 Å². The SMILES string of the molecule is CC(C)(C)OC(=O)N[C@@H]1CNCC2(O1)c1c[c]ccc1Oc1c(F)cc(C3=CCCOC3)cc12. The molecule has 179 valence electrons. The van der Waals surface area contributed by atoms with Crippen molar-refractivity contribution in [2.75, 3.05) is 26.3 Å². The summed E-state index contributed by atoms with van der Waals surface area (Å²) in [6, 6.07) is 11.7. The van der Waals surface area contributed by atoms with Gasteiger partial charge in [-0.2, -0.15) is 0 Å². The van der Waals surface area contributed by atoms with Crippen molar-refractivity contribution in [1.29, 1.82) is 0 Å². The van der Waals surface area contributed by atoms with Gasteiger partial charge >= 0.3 is 6.09 Å². The van der Waals surface area contributed by atoms with Crippen molar-refractivity contribution >= 4 is 11.7 Å². The molecule has 3 aliphatic heterocycles. The summed E-state index contributed by atoms with van der Waals surface area (Å²) in [5, 5.41) is 6.12. The smallest absolute Gasteiger partial charge is 0.409 e. The Bertz CT molecular complexity index is 1140. The maximum Gasteiger partial charge on any atom is 0.409 e. The van der Waals surface area contributed by atoms with Crippen LogP contribution in [0.4, 0.5) is 9.18 Å². The molecule has 0 aliphatic carbocycles. The average molecular weight is 468 g/mol. The van der Waals surface area contributed by atoms with Crippen molar-refractivity contribution in [3.05, 3.63) is 65.0 Å². The Labute approximate surface area is 198 Å². The van der Waals surface area contributed by atoms with E-state index in [9.17, 15) is 4.79 Å². The number of carbonyl (C=O) groups is 1. The van der Waals surface area contributed by atoms with Crippen LogP contribution >= 0.6 is 0 Å². The van der Waals surface area contributed by atoms with Crippen LogP contribution in [-0.2, 0) is 19.8 Å². The minimum absolute atomic E-state index is 0.111. The van der Waals surface area contributed by atoms with Crippen LogP contribution in [0.1, 0.15) is 43.9 Å². The summed E-state index contributed by atoms with van der Waals surface area (Å²) >= 11 is 0. The largest absolute Gasteiger partial charge is 0.453 e. The number of benzene rings is 2. The zero-order valence-electron chi connectivity index (χ0n) is 19.5. The van der Waals surface area contributed by atoms with Crippen LogP contribution in [0, 0.1) is 11.9 Å². The van der Waals surface area contributed by atoms with Crippen LogP contribution in [0.2, 0.25) is 0 Å². The second-order valence-electron chi connectivity index (χ2n) is 9.64. The van der Waals surface area contributed by atoms with Gasteiger partial charge in [0.05, 0.1) is 13.2 Å². The van der Waals surface area contributed by atoms with Crippen molar-refractivity contribution in [1.82, 2.24) is 10.6 Å². The summed E-state index contributed by atoms with van der Waals surface area (Å²) in [7, 11) is 0. The van der Waals surface area contributed by atoms with Crippen LogP contribution in [0.15, 0.2) is 36.4 Å². The summed E-state index contributed by atoms with van der Waals surface area (Å²) in [4.78, 5) is 12.5. The molecule has 1 fully saturated rings.